The van der Waals surface area contributed by atoms with Gasteiger partial charge in [-0.1, -0.05) is 13.8 Å². The molecule has 5 heteroatoms. The summed E-state index contributed by atoms with van der Waals surface area (Å²) >= 11 is 1.75. The summed E-state index contributed by atoms with van der Waals surface area (Å²) in [6.45, 7) is 6.03. The molecule has 2 rings (SSSR count). The van der Waals surface area contributed by atoms with Gasteiger partial charge in [0.2, 0.25) is 0 Å². The van der Waals surface area contributed by atoms with Gasteiger partial charge in [-0.25, -0.2) is 4.79 Å². The molecule has 0 saturated heterocycles. The summed E-state index contributed by atoms with van der Waals surface area (Å²) in [5.41, 5.74) is 2.49. The summed E-state index contributed by atoms with van der Waals surface area (Å²) in [6.07, 6.45) is 3.25. The lowest BCUT2D eigenvalue weighted by Gasteiger charge is -2.16. The zero-order valence-corrected chi connectivity index (χ0v) is 13.8. The highest BCUT2D eigenvalue weighted by molar-refractivity contribution is 7.99. The highest BCUT2D eigenvalue weighted by Crippen LogP contribution is 2.29. The Hall–Kier alpha value is -0.810. The van der Waals surface area contributed by atoms with Crippen molar-refractivity contribution in [1.29, 1.82) is 0 Å². The van der Waals surface area contributed by atoms with Gasteiger partial charge in [-0.15, -0.1) is 11.8 Å². The first-order valence-corrected chi connectivity index (χ1v) is 8.37. The van der Waals surface area contributed by atoms with E-state index in [4.69, 9.17) is 0 Å². The molecule has 0 aromatic carbocycles. The monoisotopic (exact) mass is 295 g/mol. The van der Waals surface area contributed by atoms with E-state index in [0.717, 1.165) is 43.1 Å². The Morgan fingerprint density at radius 3 is 2.75 bits per heavy atom. The Balaban J connectivity index is 2.28. The standard InChI is InChI=1S/C15H25N3OS/c1-11(2)10-20-14-12-6-5-7-13(12)18(15(19)16-14)9-8-17(3)4/h11H,5-10H2,1-4H3. The predicted octanol–water partition coefficient (Wildman–Crippen LogP) is 2.04. The fraction of sp³-hybridized carbons (Fsp3) is 0.733. The summed E-state index contributed by atoms with van der Waals surface area (Å²) in [6, 6.07) is 0. The molecule has 112 valence electrons. The van der Waals surface area contributed by atoms with E-state index >= 15 is 0 Å². The van der Waals surface area contributed by atoms with Crippen LogP contribution in [0.5, 0.6) is 0 Å². The molecule has 0 fully saturated rings. The van der Waals surface area contributed by atoms with Crippen molar-refractivity contribution in [2.24, 2.45) is 5.92 Å². The highest BCUT2D eigenvalue weighted by Gasteiger charge is 2.21. The molecule has 1 aromatic heterocycles. The lowest BCUT2D eigenvalue weighted by molar-refractivity contribution is 0.375. The maximum Gasteiger partial charge on any atom is 0.348 e. The molecule has 1 aliphatic rings. The molecule has 1 aromatic rings. The molecule has 0 amide bonds. The van der Waals surface area contributed by atoms with Crippen LogP contribution in [-0.4, -0.2) is 40.8 Å². The van der Waals surface area contributed by atoms with Crippen LogP contribution in [0.2, 0.25) is 0 Å². The van der Waals surface area contributed by atoms with Crippen LogP contribution in [0.3, 0.4) is 0 Å². The van der Waals surface area contributed by atoms with E-state index in [2.05, 4.69) is 23.7 Å². The van der Waals surface area contributed by atoms with Gasteiger partial charge in [-0.2, -0.15) is 4.98 Å². The molecular formula is C15H25N3OS. The summed E-state index contributed by atoms with van der Waals surface area (Å²) in [4.78, 5) is 18.7. The lowest BCUT2D eigenvalue weighted by atomic mass is 10.2. The summed E-state index contributed by atoms with van der Waals surface area (Å²) < 4.78 is 1.89. The van der Waals surface area contributed by atoms with Crippen LogP contribution in [0.15, 0.2) is 9.82 Å². The van der Waals surface area contributed by atoms with Crippen LogP contribution >= 0.6 is 11.8 Å². The maximum absolute atomic E-state index is 12.3. The minimum atomic E-state index is -0.0706. The summed E-state index contributed by atoms with van der Waals surface area (Å²) in [5, 5.41) is 0.984. The van der Waals surface area contributed by atoms with E-state index in [9.17, 15) is 4.79 Å². The van der Waals surface area contributed by atoms with Crippen LogP contribution in [-0.2, 0) is 19.4 Å². The zero-order chi connectivity index (χ0) is 14.7. The normalized spacial score (nSPS) is 14.3. The molecule has 0 unspecified atom stereocenters. The molecule has 0 bridgehead atoms. The number of nitrogens with zero attached hydrogens (tertiary/aromatic N) is 3. The van der Waals surface area contributed by atoms with Crippen LogP contribution in [0.25, 0.3) is 0 Å². The van der Waals surface area contributed by atoms with Gasteiger partial charge in [-0.3, -0.25) is 4.57 Å². The van der Waals surface area contributed by atoms with Crippen molar-refractivity contribution >= 4 is 11.8 Å². The van der Waals surface area contributed by atoms with Gasteiger partial charge in [0.05, 0.1) is 0 Å². The van der Waals surface area contributed by atoms with E-state index in [1.807, 2.05) is 18.7 Å². The minimum Gasteiger partial charge on any atom is -0.308 e. The van der Waals surface area contributed by atoms with Crippen molar-refractivity contribution in [3.63, 3.8) is 0 Å². The van der Waals surface area contributed by atoms with Gasteiger partial charge in [-0.05, 0) is 39.3 Å². The highest BCUT2D eigenvalue weighted by atomic mass is 32.2. The first-order chi connectivity index (χ1) is 9.49. The first-order valence-electron chi connectivity index (χ1n) is 7.39. The van der Waals surface area contributed by atoms with Gasteiger partial charge >= 0.3 is 5.69 Å². The number of aromatic nitrogens is 2. The van der Waals surface area contributed by atoms with Crippen LogP contribution < -0.4 is 5.69 Å². The number of rotatable bonds is 6. The molecule has 0 aliphatic heterocycles. The molecule has 0 saturated carbocycles. The van der Waals surface area contributed by atoms with Gasteiger partial charge < -0.3 is 4.90 Å². The van der Waals surface area contributed by atoms with Gasteiger partial charge in [0.15, 0.2) is 0 Å². The average molecular weight is 295 g/mol. The predicted molar refractivity (Wildman–Crippen MR) is 84.6 cm³/mol. The Kier molecular flexibility index (Phi) is 5.27. The van der Waals surface area contributed by atoms with Crippen molar-refractivity contribution in [2.45, 2.75) is 44.7 Å². The Morgan fingerprint density at radius 1 is 1.35 bits per heavy atom. The Morgan fingerprint density at radius 2 is 2.10 bits per heavy atom. The van der Waals surface area contributed by atoms with Crippen LogP contribution in [0, 0.1) is 5.92 Å². The fourth-order valence-corrected chi connectivity index (χ4v) is 3.51. The second-order valence-corrected chi connectivity index (χ2v) is 7.15. The molecule has 4 nitrogen and oxygen atoms in total. The average Bonchev–Trinajstić information content (AvgIpc) is 2.83. The molecular weight excluding hydrogens is 270 g/mol. The van der Waals surface area contributed by atoms with E-state index in [1.165, 1.54) is 11.3 Å². The van der Waals surface area contributed by atoms with E-state index < -0.39 is 0 Å². The van der Waals surface area contributed by atoms with Crippen LogP contribution in [0.1, 0.15) is 31.5 Å². The Bertz CT molecular complexity index is 523. The van der Waals surface area contributed by atoms with E-state index in [-0.39, 0.29) is 5.69 Å². The van der Waals surface area contributed by atoms with Gasteiger partial charge in [0.25, 0.3) is 0 Å². The Labute approximate surface area is 125 Å². The van der Waals surface area contributed by atoms with Crippen molar-refractivity contribution in [3.8, 4) is 0 Å². The molecule has 1 aliphatic carbocycles. The van der Waals surface area contributed by atoms with Crippen molar-refractivity contribution < 1.29 is 0 Å². The van der Waals surface area contributed by atoms with Crippen molar-refractivity contribution in [2.75, 3.05) is 26.4 Å². The lowest BCUT2D eigenvalue weighted by Crippen LogP contribution is -2.31. The molecule has 20 heavy (non-hydrogen) atoms. The van der Waals surface area contributed by atoms with Gasteiger partial charge in [0.1, 0.15) is 5.03 Å². The van der Waals surface area contributed by atoms with Gasteiger partial charge in [0, 0.05) is 30.1 Å². The number of hydrogen-bond donors (Lipinski definition) is 0. The molecule has 0 atom stereocenters. The molecule has 0 N–H and O–H groups in total. The minimum absolute atomic E-state index is 0.0706. The smallest absolute Gasteiger partial charge is 0.308 e. The van der Waals surface area contributed by atoms with Crippen molar-refractivity contribution in [1.82, 2.24) is 14.5 Å². The summed E-state index contributed by atoms with van der Waals surface area (Å²) in [5.74, 6) is 1.65. The van der Waals surface area contributed by atoms with Crippen LogP contribution in [0.4, 0.5) is 0 Å². The van der Waals surface area contributed by atoms with E-state index in [0.29, 0.717) is 5.92 Å². The van der Waals surface area contributed by atoms with E-state index in [1.54, 1.807) is 11.8 Å². The molecule has 1 heterocycles. The largest absolute Gasteiger partial charge is 0.348 e. The quantitative estimate of drug-likeness (QED) is 0.595. The summed E-state index contributed by atoms with van der Waals surface area (Å²) in [7, 11) is 4.07. The number of fused-ring (bicyclic) bond motifs is 1. The number of hydrogen-bond acceptors (Lipinski definition) is 4. The third-order valence-electron chi connectivity index (χ3n) is 3.52. The molecule has 0 radical (unpaired) electrons. The third-order valence-corrected chi connectivity index (χ3v) is 4.97. The second kappa shape index (κ2) is 6.76. The topological polar surface area (TPSA) is 38.1 Å². The number of likely N-dealkylation sites (N-methyl/N-ethyl adjacent to an activating group) is 1. The SMILES string of the molecule is CC(C)CSc1nc(=O)n(CCN(C)C)c2c1CCC2. The van der Waals surface area contributed by atoms with Crippen molar-refractivity contribution in [3.05, 3.63) is 21.7 Å². The number of thioether (sulfide) groups is 1. The zero-order valence-electron chi connectivity index (χ0n) is 13.0. The molecule has 0 spiro atoms. The third kappa shape index (κ3) is 3.64. The first kappa shape index (κ1) is 15.6. The maximum atomic E-state index is 12.3. The fourth-order valence-electron chi connectivity index (χ4n) is 2.48. The second-order valence-electron chi connectivity index (χ2n) is 6.14.